The summed E-state index contributed by atoms with van der Waals surface area (Å²) in [5.41, 5.74) is 2.39. The molecule has 3 aromatic carbocycles. The highest BCUT2D eigenvalue weighted by Crippen LogP contribution is 2.32. The topological polar surface area (TPSA) is 92.8 Å². The minimum Gasteiger partial charge on any atom is -0.423 e. The Morgan fingerprint density at radius 2 is 1.68 bits per heavy atom. The Balaban J connectivity index is 1.48. The van der Waals surface area contributed by atoms with Crippen molar-refractivity contribution in [3.63, 3.8) is 0 Å². The number of amides is 2. The van der Waals surface area contributed by atoms with Crippen molar-refractivity contribution in [1.29, 1.82) is 0 Å². The van der Waals surface area contributed by atoms with Crippen LogP contribution < -0.4 is 15.0 Å². The molecular formula is C25H16ClIN2O5. The van der Waals surface area contributed by atoms with Crippen LogP contribution >= 0.6 is 34.2 Å². The van der Waals surface area contributed by atoms with E-state index < -0.39 is 17.8 Å². The number of benzene rings is 3. The number of aldehydes is 1. The Labute approximate surface area is 213 Å². The van der Waals surface area contributed by atoms with Crippen molar-refractivity contribution >= 4 is 69.6 Å². The quantitative estimate of drug-likeness (QED) is 0.143. The zero-order valence-electron chi connectivity index (χ0n) is 17.7. The van der Waals surface area contributed by atoms with Gasteiger partial charge in [0.1, 0.15) is 22.8 Å². The van der Waals surface area contributed by atoms with Gasteiger partial charge in [-0.3, -0.25) is 14.4 Å². The second-order valence-electron chi connectivity index (χ2n) is 7.34. The van der Waals surface area contributed by atoms with Gasteiger partial charge >= 0.3 is 5.97 Å². The van der Waals surface area contributed by atoms with Gasteiger partial charge in [0.25, 0.3) is 11.8 Å². The largest absolute Gasteiger partial charge is 0.423 e. The Kier molecular flexibility index (Phi) is 6.80. The van der Waals surface area contributed by atoms with Gasteiger partial charge in [-0.1, -0.05) is 11.6 Å². The van der Waals surface area contributed by atoms with Gasteiger partial charge < -0.3 is 10.1 Å². The smallest absolute Gasteiger partial charge is 0.343 e. The van der Waals surface area contributed by atoms with Crippen LogP contribution in [0.4, 0.5) is 11.4 Å². The number of nitrogens with one attached hydrogen (secondary N) is 1. The van der Waals surface area contributed by atoms with Crippen molar-refractivity contribution < 1.29 is 23.9 Å². The number of aryl methyl sites for hydroxylation is 1. The third-order valence-electron chi connectivity index (χ3n) is 5.04. The van der Waals surface area contributed by atoms with Crippen LogP contribution in [-0.4, -0.2) is 24.1 Å². The van der Waals surface area contributed by atoms with Crippen LogP contribution in [0.5, 0.6) is 5.75 Å². The lowest BCUT2D eigenvalue weighted by Crippen LogP contribution is -2.32. The number of ether oxygens (including phenoxy) is 1. The normalized spacial score (nSPS) is 13.3. The highest BCUT2D eigenvalue weighted by atomic mass is 127. The zero-order valence-corrected chi connectivity index (χ0v) is 20.6. The second-order valence-corrected chi connectivity index (χ2v) is 8.97. The number of carbonyl (C=O) groups is 4. The first-order valence-corrected chi connectivity index (χ1v) is 11.4. The van der Waals surface area contributed by atoms with E-state index in [2.05, 4.69) is 27.9 Å². The van der Waals surface area contributed by atoms with E-state index in [0.29, 0.717) is 29.0 Å². The van der Waals surface area contributed by atoms with Gasteiger partial charge in [-0.2, -0.15) is 0 Å². The summed E-state index contributed by atoms with van der Waals surface area (Å²) in [6.45, 7) is 1.81. The molecule has 0 radical (unpaired) electrons. The molecule has 34 heavy (non-hydrogen) atoms. The Hall–Kier alpha value is -3.50. The molecule has 2 amide bonds. The van der Waals surface area contributed by atoms with Gasteiger partial charge in [0.2, 0.25) is 0 Å². The summed E-state index contributed by atoms with van der Waals surface area (Å²) in [5, 5.41) is 2.66. The van der Waals surface area contributed by atoms with Gasteiger partial charge in [-0.15, -0.1) is 0 Å². The molecule has 0 bridgehead atoms. The Morgan fingerprint density at radius 3 is 2.29 bits per heavy atom. The van der Waals surface area contributed by atoms with Gasteiger partial charge in [0.05, 0.1) is 11.3 Å². The second kappa shape index (κ2) is 9.78. The summed E-state index contributed by atoms with van der Waals surface area (Å²) < 4.78 is 6.27. The van der Waals surface area contributed by atoms with Crippen LogP contribution in [0, 0.1) is 10.5 Å². The van der Waals surface area contributed by atoms with Crippen molar-refractivity contribution in [3.8, 4) is 5.75 Å². The summed E-state index contributed by atoms with van der Waals surface area (Å²) in [6.07, 6.45) is 0.697. The molecule has 170 valence electrons. The average Bonchev–Trinajstić information content (AvgIpc) is 3.03. The summed E-state index contributed by atoms with van der Waals surface area (Å²) in [6, 6.07) is 17.7. The molecule has 0 unspecified atom stereocenters. The maximum absolute atomic E-state index is 13.0. The van der Waals surface area contributed by atoms with E-state index >= 15 is 0 Å². The number of imide groups is 1. The third-order valence-corrected chi connectivity index (χ3v) is 6.07. The van der Waals surface area contributed by atoms with Crippen LogP contribution in [0.2, 0.25) is 0 Å². The lowest BCUT2D eigenvalue weighted by molar-refractivity contribution is -0.120. The predicted molar refractivity (Wildman–Crippen MR) is 136 cm³/mol. The molecule has 0 aliphatic carbocycles. The summed E-state index contributed by atoms with van der Waals surface area (Å²) in [4.78, 5) is 49.8. The van der Waals surface area contributed by atoms with E-state index in [4.69, 9.17) is 16.3 Å². The number of nitrogens with zero attached hydrogens (tertiary/aromatic N) is 1. The molecule has 3 aromatic rings. The lowest BCUT2D eigenvalue weighted by atomic mass is 10.2. The maximum Gasteiger partial charge on any atom is 0.343 e. The highest BCUT2D eigenvalue weighted by molar-refractivity contribution is 14.1. The van der Waals surface area contributed by atoms with Crippen LogP contribution in [0.1, 0.15) is 26.3 Å². The minimum atomic E-state index is -0.612. The summed E-state index contributed by atoms with van der Waals surface area (Å²) in [7, 11) is 0. The molecule has 1 heterocycles. The fourth-order valence-corrected chi connectivity index (χ4v) is 4.17. The van der Waals surface area contributed by atoms with Gasteiger partial charge in [0.15, 0.2) is 0 Å². The number of hydrogen-bond acceptors (Lipinski definition) is 6. The summed E-state index contributed by atoms with van der Waals surface area (Å²) >= 11 is 8.36. The van der Waals surface area contributed by atoms with E-state index in [9.17, 15) is 19.2 Å². The molecule has 9 heteroatoms. The van der Waals surface area contributed by atoms with Crippen LogP contribution in [0.15, 0.2) is 77.5 Å². The molecule has 0 saturated heterocycles. The number of esters is 1. The van der Waals surface area contributed by atoms with Crippen molar-refractivity contribution in [1.82, 2.24) is 0 Å². The van der Waals surface area contributed by atoms with Crippen molar-refractivity contribution in [2.24, 2.45) is 0 Å². The summed E-state index contributed by atoms with van der Waals surface area (Å²) in [5.74, 6) is -1.47. The number of carbonyl (C=O) groups excluding carboxylic acids is 4. The first kappa shape index (κ1) is 23.7. The van der Waals surface area contributed by atoms with E-state index in [1.165, 1.54) is 24.3 Å². The van der Waals surface area contributed by atoms with Crippen molar-refractivity contribution in [3.05, 3.63) is 97.7 Å². The van der Waals surface area contributed by atoms with Gasteiger partial charge in [-0.25, -0.2) is 9.69 Å². The van der Waals surface area contributed by atoms with Gasteiger partial charge in [0, 0.05) is 14.8 Å². The first-order valence-electron chi connectivity index (χ1n) is 9.97. The number of anilines is 2. The molecule has 0 spiro atoms. The maximum atomic E-state index is 13.0. The number of hydrogen-bond donors (Lipinski definition) is 1. The standard InChI is InChI=1S/C25H16ClIN2O5/c1-14-12-17(27)6-11-20(14)29-23(31)21(26)22(24(29)32)28-18-7-4-16(5-8-18)25(33)34-19-9-2-15(13-30)3-10-19/h2-13,28H,1H3. The molecule has 1 N–H and O–H groups in total. The van der Waals surface area contributed by atoms with Crippen LogP contribution in [0.25, 0.3) is 0 Å². The van der Waals surface area contributed by atoms with Crippen LogP contribution in [0.3, 0.4) is 0 Å². The van der Waals surface area contributed by atoms with Crippen molar-refractivity contribution in [2.45, 2.75) is 6.92 Å². The molecule has 1 aliphatic heterocycles. The van der Waals surface area contributed by atoms with E-state index in [-0.39, 0.29) is 16.3 Å². The lowest BCUT2D eigenvalue weighted by Gasteiger charge is -2.17. The van der Waals surface area contributed by atoms with Crippen LogP contribution in [-0.2, 0) is 9.59 Å². The molecular weight excluding hydrogens is 571 g/mol. The minimum absolute atomic E-state index is 0.0461. The Morgan fingerprint density at radius 1 is 1.00 bits per heavy atom. The average molecular weight is 587 g/mol. The predicted octanol–water partition coefficient (Wildman–Crippen LogP) is 5.07. The molecule has 0 aromatic heterocycles. The molecule has 1 aliphatic rings. The van der Waals surface area contributed by atoms with E-state index in [1.54, 1.807) is 36.4 Å². The van der Waals surface area contributed by atoms with Crippen molar-refractivity contribution in [2.75, 3.05) is 10.2 Å². The fourth-order valence-electron chi connectivity index (χ4n) is 3.31. The van der Waals surface area contributed by atoms with E-state index in [1.807, 2.05) is 13.0 Å². The zero-order chi connectivity index (χ0) is 24.4. The Bertz CT molecular complexity index is 1350. The van der Waals surface area contributed by atoms with E-state index in [0.717, 1.165) is 14.0 Å². The van der Waals surface area contributed by atoms with Gasteiger partial charge in [-0.05, 0) is 102 Å². The SMILES string of the molecule is Cc1cc(I)ccc1N1C(=O)C(Cl)=C(Nc2ccc(C(=O)Oc3ccc(C=O)cc3)cc2)C1=O. The molecule has 0 fully saturated rings. The molecule has 0 atom stereocenters. The molecule has 4 rings (SSSR count). The molecule has 7 nitrogen and oxygen atoms in total. The molecule has 0 saturated carbocycles. The fraction of sp³-hybridized carbons (Fsp3) is 0.0400. The first-order chi connectivity index (χ1) is 16.3. The monoisotopic (exact) mass is 586 g/mol. The number of rotatable bonds is 6. The third kappa shape index (κ3) is 4.73. The number of halogens is 2. The highest BCUT2D eigenvalue weighted by Gasteiger charge is 2.39.